The van der Waals surface area contributed by atoms with E-state index in [2.05, 4.69) is 126 Å². The zero-order valence-electron chi connectivity index (χ0n) is 19.4. The maximum atomic E-state index is 4.88. The van der Waals surface area contributed by atoms with Gasteiger partial charge in [-0.25, -0.2) is 15.0 Å². The molecule has 0 amide bonds. The van der Waals surface area contributed by atoms with Gasteiger partial charge in [-0.3, -0.25) is 0 Å². The fraction of sp³-hybridized carbons (Fsp3) is 0.222. The normalized spacial score (nSPS) is 11.2. The lowest BCUT2D eigenvalue weighted by Gasteiger charge is -2.15. The average Bonchev–Trinajstić information content (AvgIpc) is 2.75. The van der Waals surface area contributed by atoms with Crippen molar-refractivity contribution in [1.29, 1.82) is 0 Å². The molecule has 0 saturated carbocycles. The topological polar surface area (TPSA) is 38.7 Å². The zero-order chi connectivity index (χ0) is 24.0. The van der Waals surface area contributed by atoms with Gasteiger partial charge < -0.3 is 0 Å². The second kappa shape index (κ2) is 9.40. The van der Waals surface area contributed by atoms with Crippen molar-refractivity contribution in [2.45, 2.75) is 41.5 Å². The lowest BCUT2D eigenvalue weighted by atomic mass is 9.94. The van der Waals surface area contributed by atoms with Gasteiger partial charge in [0.25, 0.3) is 0 Å². The van der Waals surface area contributed by atoms with Gasteiger partial charge in [-0.2, -0.15) is 0 Å². The number of nitrogens with zero attached hydrogens (tertiary/aromatic N) is 3. The number of benzene rings is 1. The highest BCUT2D eigenvalue weighted by atomic mass is 79.9. The van der Waals surface area contributed by atoms with Crippen LogP contribution in [0.4, 0.5) is 0 Å². The van der Waals surface area contributed by atoms with Crippen LogP contribution in [0.5, 0.6) is 0 Å². The van der Waals surface area contributed by atoms with Gasteiger partial charge in [0, 0.05) is 16.7 Å². The van der Waals surface area contributed by atoms with Crippen molar-refractivity contribution in [3.63, 3.8) is 0 Å². The summed E-state index contributed by atoms with van der Waals surface area (Å²) >= 11 is 10.8. The smallest absolute Gasteiger partial charge is 0.109 e. The van der Waals surface area contributed by atoms with Crippen LogP contribution in [0, 0.1) is 41.5 Å². The molecule has 4 rings (SSSR count). The molecule has 1 aromatic carbocycles. The molecule has 0 bridgehead atoms. The Morgan fingerprint density at radius 2 is 0.636 bits per heavy atom. The molecule has 0 fully saturated rings. The predicted molar refractivity (Wildman–Crippen MR) is 148 cm³/mol. The minimum atomic E-state index is 0.856. The van der Waals surface area contributed by atoms with Crippen molar-refractivity contribution in [3.8, 4) is 33.8 Å². The van der Waals surface area contributed by atoms with Crippen LogP contribution in [0.2, 0.25) is 0 Å². The van der Waals surface area contributed by atoms with Gasteiger partial charge in [0.1, 0.15) is 13.8 Å². The van der Waals surface area contributed by atoms with Crippen LogP contribution in [-0.2, 0) is 0 Å². The highest BCUT2D eigenvalue weighted by molar-refractivity contribution is 9.11. The number of hydrogen-bond acceptors (Lipinski definition) is 3. The third kappa shape index (κ3) is 4.84. The molecule has 0 aliphatic rings. The van der Waals surface area contributed by atoms with E-state index in [9.17, 15) is 0 Å². The molecule has 33 heavy (non-hydrogen) atoms. The largest absolute Gasteiger partial charge is 0.240 e. The second-order valence-electron chi connectivity index (χ2n) is 8.58. The maximum absolute atomic E-state index is 4.88. The standard InChI is InChI=1S/C27H24Br3N3/c1-13-7-16(4)25(28)31-22(13)19-10-20(23-14(2)8-17(5)26(29)32-23)12-21(11-19)24-15(3)9-18(6)27(30)33-24/h7-12H,1-6H3. The van der Waals surface area contributed by atoms with E-state index in [0.717, 1.165) is 81.0 Å². The summed E-state index contributed by atoms with van der Waals surface area (Å²) in [6, 6.07) is 13.0. The van der Waals surface area contributed by atoms with E-state index in [-0.39, 0.29) is 0 Å². The number of hydrogen-bond donors (Lipinski definition) is 0. The summed E-state index contributed by atoms with van der Waals surface area (Å²) in [5.41, 5.74) is 12.7. The van der Waals surface area contributed by atoms with Crippen molar-refractivity contribution in [2.24, 2.45) is 0 Å². The van der Waals surface area contributed by atoms with Gasteiger partial charge in [0.2, 0.25) is 0 Å². The van der Waals surface area contributed by atoms with E-state index in [1.54, 1.807) is 0 Å². The van der Waals surface area contributed by atoms with Crippen LogP contribution in [0.1, 0.15) is 33.4 Å². The summed E-state index contributed by atoms with van der Waals surface area (Å²) in [6.07, 6.45) is 0. The van der Waals surface area contributed by atoms with Gasteiger partial charge in [-0.1, -0.05) is 18.2 Å². The molecule has 168 valence electrons. The number of halogens is 3. The van der Waals surface area contributed by atoms with E-state index in [4.69, 9.17) is 15.0 Å². The molecule has 3 heterocycles. The Kier molecular flexibility index (Phi) is 6.90. The van der Waals surface area contributed by atoms with Gasteiger partial charge in [0.05, 0.1) is 17.1 Å². The molecular weight excluding hydrogens is 606 g/mol. The van der Waals surface area contributed by atoms with Crippen LogP contribution < -0.4 is 0 Å². The molecule has 0 aliphatic carbocycles. The van der Waals surface area contributed by atoms with E-state index < -0.39 is 0 Å². The highest BCUT2D eigenvalue weighted by Gasteiger charge is 2.16. The average molecular weight is 630 g/mol. The Labute approximate surface area is 220 Å². The fourth-order valence-corrected chi connectivity index (χ4v) is 4.97. The first-order chi connectivity index (χ1) is 15.5. The molecule has 0 unspecified atom stereocenters. The molecule has 0 atom stereocenters. The Morgan fingerprint density at radius 1 is 0.394 bits per heavy atom. The van der Waals surface area contributed by atoms with Crippen molar-refractivity contribution < 1.29 is 0 Å². The van der Waals surface area contributed by atoms with Crippen molar-refractivity contribution in [1.82, 2.24) is 15.0 Å². The number of pyridine rings is 3. The molecule has 3 aromatic heterocycles. The quantitative estimate of drug-likeness (QED) is 0.212. The van der Waals surface area contributed by atoms with Crippen LogP contribution in [0.25, 0.3) is 33.8 Å². The molecule has 3 nitrogen and oxygen atoms in total. The molecule has 0 saturated heterocycles. The third-order valence-corrected chi connectivity index (χ3v) is 8.19. The van der Waals surface area contributed by atoms with Crippen LogP contribution in [0.3, 0.4) is 0 Å². The Hall–Kier alpha value is -1.89. The Balaban J connectivity index is 2.04. The first-order valence-corrected chi connectivity index (χ1v) is 13.0. The number of rotatable bonds is 3. The number of aryl methyl sites for hydroxylation is 6. The minimum Gasteiger partial charge on any atom is -0.240 e. The molecule has 0 N–H and O–H groups in total. The SMILES string of the molecule is Cc1cc(C)c(-c2cc(-c3nc(Br)c(C)cc3C)cc(-c3nc(Br)c(C)cc3C)c2)nc1Br. The predicted octanol–water partition coefficient (Wildman–Crippen LogP) is 9.01. The van der Waals surface area contributed by atoms with E-state index in [0.29, 0.717) is 0 Å². The molecule has 4 aromatic rings. The second-order valence-corrected chi connectivity index (χ2v) is 10.8. The van der Waals surface area contributed by atoms with Crippen molar-refractivity contribution in [3.05, 3.63) is 83.6 Å². The van der Waals surface area contributed by atoms with Crippen LogP contribution in [0.15, 0.2) is 50.2 Å². The van der Waals surface area contributed by atoms with Gasteiger partial charge in [0.15, 0.2) is 0 Å². The summed E-state index contributed by atoms with van der Waals surface area (Å²) in [4.78, 5) is 14.6. The van der Waals surface area contributed by atoms with Gasteiger partial charge in [-0.15, -0.1) is 0 Å². The summed E-state index contributed by atoms with van der Waals surface area (Å²) in [6.45, 7) is 12.5. The molecule has 0 aliphatic heterocycles. The number of aromatic nitrogens is 3. The van der Waals surface area contributed by atoms with E-state index >= 15 is 0 Å². The third-order valence-electron chi connectivity index (χ3n) is 5.78. The van der Waals surface area contributed by atoms with E-state index in [1.165, 1.54) is 0 Å². The molecular formula is C27H24Br3N3. The Morgan fingerprint density at radius 3 is 0.879 bits per heavy atom. The summed E-state index contributed by atoms with van der Waals surface area (Å²) < 4.78 is 2.57. The first kappa shape index (κ1) is 24.2. The lowest BCUT2D eigenvalue weighted by Crippen LogP contribution is -1.98. The molecule has 6 heteroatoms. The Bertz CT molecular complexity index is 1230. The summed E-state index contributed by atoms with van der Waals surface area (Å²) in [7, 11) is 0. The summed E-state index contributed by atoms with van der Waals surface area (Å²) in [5, 5.41) is 0. The summed E-state index contributed by atoms with van der Waals surface area (Å²) in [5.74, 6) is 0. The first-order valence-electron chi connectivity index (χ1n) is 10.6. The van der Waals surface area contributed by atoms with Crippen molar-refractivity contribution >= 4 is 47.8 Å². The molecule has 0 spiro atoms. The van der Waals surface area contributed by atoms with Crippen LogP contribution >= 0.6 is 47.8 Å². The maximum Gasteiger partial charge on any atom is 0.109 e. The van der Waals surface area contributed by atoms with Gasteiger partial charge >= 0.3 is 0 Å². The lowest BCUT2D eigenvalue weighted by molar-refractivity contribution is 1.17. The van der Waals surface area contributed by atoms with Crippen molar-refractivity contribution in [2.75, 3.05) is 0 Å². The fourth-order valence-electron chi connectivity index (χ4n) is 4.10. The van der Waals surface area contributed by atoms with E-state index in [1.807, 2.05) is 0 Å². The van der Waals surface area contributed by atoms with Crippen LogP contribution in [-0.4, -0.2) is 15.0 Å². The monoisotopic (exact) mass is 627 g/mol. The molecule has 0 radical (unpaired) electrons. The highest BCUT2D eigenvalue weighted by Crippen LogP contribution is 2.36. The van der Waals surface area contributed by atoms with Gasteiger partial charge in [-0.05, 0) is 141 Å². The zero-order valence-corrected chi connectivity index (χ0v) is 24.2. The minimum absolute atomic E-state index is 0.856.